The SMILES string of the molecule is O=C1O[C@@H](COP(=O)(O)O)[C@@H]2Cc3cc(-c4ccc(CNCc5cnn[nH]5)nc4)c(F)cc3N12. The Hall–Kier alpha value is -3.22. The Bertz CT molecular complexity index is 1250. The van der Waals surface area contributed by atoms with Crippen LogP contribution in [-0.4, -0.2) is 55.0 Å². The third kappa shape index (κ3) is 4.56. The number of anilines is 1. The summed E-state index contributed by atoms with van der Waals surface area (Å²) in [5, 5.41) is 13.3. The molecule has 1 saturated heterocycles. The molecule has 0 spiro atoms. The molecular weight excluding hydrogens is 470 g/mol. The number of benzene rings is 1. The van der Waals surface area contributed by atoms with E-state index in [0.29, 0.717) is 36.3 Å². The quantitative estimate of drug-likeness (QED) is 0.342. The molecule has 0 unspecified atom stereocenters. The number of hydrogen-bond donors (Lipinski definition) is 4. The molecule has 2 aromatic heterocycles. The molecule has 3 aromatic rings. The zero-order valence-electron chi connectivity index (χ0n) is 17.6. The van der Waals surface area contributed by atoms with Gasteiger partial charge in [0.15, 0.2) is 0 Å². The molecular formula is C20H20FN6O6P. The second kappa shape index (κ2) is 8.85. The van der Waals surface area contributed by atoms with Gasteiger partial charge in [-0.3, -0.25) is 19.5 Å². The van der Waals surface area contributed by atoms with Crippen molar-refractivity contribution in [3.63, 3.8) is 0 Å². The van der Waals surface area contributed by atoms with Gasteiger partial charge in [0.25, 0.3) is 0 Å². The third-order valence-corrected chi connectivity index (χ3v) is 6.18. The second-order valence-corrected chi connectivity index (χ2v) is 9.17. The van der Waals surface area contributed by atoms with Crippen molar-refractivity contribution in [3.05, 3.63) is 59.4 Å². The summed E-state index contributed by atoms with van der Waals surface area (Å²) in [5.41, 5.74) is 3.63. The van der Waals surface area contributed by atoms with Crippen molar-refractivity contribution in [1.82, 2.24) is 25.7 Å². The van der Waals surface area contributed by atoms with E-state index in [-0.39, 0.29) is 0 Å². The number of hydrogen-bond acceptors (Lipinski definition) is 8. The molecule has 1 aromatic carbocycles. The number of carbonyl (C=O) groups is 1. The average molecular weight is 490 g/mol. The van der Waals surface area contributed by atoms with Crippen molar-refractivity contribution in [3.8, 4) is 11.1 Å². The van der Waals surface area contributed by atoms with Crippen LogP contribution < -0.4 is 10.2 Å². The molecule has 0 saturated carbocycles. The number of rotatable bonds is 8. The van der Waals surface area contributed by atoms with Gasteiger partial charge in [-0.2, -0.15) is 0 Å². The molecule has 2 atom stereocenters. The second-order valence-electron chi connectivity index (χ2n) is 7.93. The zero-order valence-corrected chi connectivity index (χ0v) is 18.5. The van der Waals surface area contributed by atoms with Gasteiger partial charge >= 0.3 is 13.9 Å². The number of phosphoric acid groups is 1. The van der Waals surface area contributed by atoms with Crippen molar-refractivity contribution in [2.75, 3.05) is 11.5 Å². The number of ether oxygens (including phenoxy) is 1. The Kier molecular flexibility index (Phi) is 5.88. The minimum atomic E-state index is -4.72. The van der Waals surface area contributed by atoms with Crippen LogP contribution in [0.1, 0.15) is 17.0 Å². The molecule has 1 fully saturated rings. The van der Waals surface area contributed by atoms with Gasteiger partial charge in [-0.05, 0) is 30.2 Å². The van der Waals surface area contributed by atoms with E-state index in [4.69, 9.17) is 14.5 Å². The molecule has 4 heterocycles. The van der Waals surface area contributed by atoms with Crippen molar-refractivity contribution in [2.24, 2.45) is 0 Å². The lowest BCUT2D eigenvalue weighted by atomic mass is 10.00. The van der Waals surface area contributed by atoms with Gasteiger partial charge in [0.05, 0.1) is 35.9 Å². The number of nitrogens with zero attached hydrogens (tertiary/aromatic N) is 4. The van der Waals surface area contributed by atoms with E-state index < -0.39 is 38.5 Å². The van der Waals surface area contributed by atoms with Crippen molar-refractivity contribution in [1.29, 1.82) is 0 Å². The highest BCUT2D eigenvalue weighted by Gasteiger charge is 2.48. The van der Waals surface area contributed by atoms with E-state index in [9.17, 15) is 9.36 Å². The van der Waals surface area contributed by atoms with Crippen LogP contribution in [0.4, 0.5) is 14.9 Å². The Labute approximate surface area is 192 Å². The fraction of sp³-hybridized carbons (Fsp3) is 0.300. The summed E-state index contributed by atoms with van der Waals surface area (Å²) in [6.45, 7) is 0.593. The van der Waals surface area contributed by atoms with E-state index in [2.05, 4.69) is 30.2 Å². The number of halogens is 1. The number of carbonyl (C=O) groups excluding carboxylic acids is 1. The molecule has 178 valence electrons. The Morgan fingerprint density at radius 3 is 2.85 bits per heavy atom. The minimum Gasteiger partial charge on any atom is -0.441 e. The monoisotopic (exact) mass is 490 g/mol. The van der Waals surface area contributed by atoms with Crippen LogP contribution in [0.3, 0.4) is 0 Å². The number of cyclic esters (lactones) is 1. The summed E-state index contributed by atoms with van der Waals surface area (Å²) >= 11 is 0. The lowest BCUT2D eigenvalue weighted by molar-refractivity contribution is 0.0761. The molecule has 5 rings (SSSR count). The highest BCUT2D eigenvalue weighted by atomic mass is 31.2. The summed E-state index contributed by atoms with van der Waals surface area (Å²) in [6, 6.07) is 5.96. The highest BCUT2D eigenvalue weighted by molar-refractivity contribution is 7.46. The number of aromatic amines is 1. The van der Waals surface area contributed by atoms with E-state index in [1.165, 1.54) is 11.0 Å². The van der Waals surface area contributed by atoms with Gasteiger partial charge in [-0.1, -0.05) is 11.3 Å². The minimum absolute atomic E-state index is 0.335. The highest BCUT2D eigenvalue weighted by Crippen LogP contribution is 2.43. The van der Waals surface area contributed by atoms with Crippen LogP contribution >= 0.6 is 7.82 Å². The first-order valence-electron chi connectivity index (χ1n) is 10.3. The lowest BCUT2D eigenvalue weighted by Gasteiger charge is -2.16. The van der Waals surface area contributed by atoms with Crippen LogP contribution in [0.2, 0.25) is 0 Å². The Morgan fingerprint density at radius 1 is 1.29 bits per heavy atom. The van der Waals surface area contributed by atoms with Gasteiger partial charge in [-0.25, -0.2) is 13.8 Å². The standard InChI is InChI=1S/C20H20FN6O6P/c21-16-5-17-12(4-18-19(10-32-34(29,30)31)33-20(28)27(17)18)3-15(16)11-1-2-13(23-6-11)7-22-8-14-9-24-26-25-14/h1-3,5-6,9,18-19,22H,4,7-8,10H2,(H,24,25,26)(H2,29,30,31)/t18-,19-/m0/s1. The fourth-order valence-electron chi connectivity index (χ4n) is 4.14. The molecule has 2 aliphatic heterocycles. The number of amides is 1. The molecule has 0 radical (unpaired) electrons. The molecule has 4 N–H and O–H groups in total. The predicted molar refractivity (Wildman–Crippen MR) is 115 cm³/mol. The zero-order chi connectivity index (χ0) is 23.9. The number of pyridine rings is 1. The van der Waals surface area contributed by atoms with Gasteiger partial charge in [0.2, 0.25) is 0 Å². The molecule has 1 amide bonds. The fourth-order valence-corrected chi connectivity index (χ4v) is 4.48. The summed E-state index contributed by atoms with van der Waals surface area (Å²) in [7, 11) is -4.72. The summed E-state index contributed by atoms with van der Waals surface area (Å²) < 4.78 is 35.7. The van der Waals surface area contributed by atoms with Gasteiger partial charge in [-0.15, -0.1) is 5.10 Å². The van der Waals surface area contributed by atoms with Crippen molar-refractivity contribution in [2.45, 2.75) is 31.7 Å². The molecule has 12 nitrogen and oxygen atoms in total. The van der Waals surface area contributed by atoms with Gasteiger partial charge < -0.3 is 19.8 Å². The maximum atomic E-state index is 15.0. The molecule has 34 heavy (non-hydrogen) atoms. The molecule has 0 aliphatic carbocycles. The van der Waals surface area contributed by atoms with Crippen molar-refractivity contribution >= 4 is 19.6 Å². The van der Waals surface area contributed by atoms with E-state index >= 15 is 4.39 Å². The van der Waals surface area contributed by atoms with E-state index in [1.54, 1.807) is 30.6 Å². The van der Waals surface area contributed by atoms with E-state index in [1.807, 2.05) is 0 Å². The first-order chi connectivity index (χ1) is 16.3. The summed E-state index contributed by atoms with van der Waals surface area (Å²) in [4.78, 5) is 35.9. The first-order valence-corrected chi connectivity index (χ1v) is 11.8. The normalized spacial score (nSPS) is 19.3. The van der Waals surface area contributed by atoms with Gasteiger partial charge in [0, 0.05) is 30.4 Å². The number of H-pyrrole nitrogens is 1. The Balaban J connectivity index is 1.30. The maximum Gasteiger partial charge on any atom is 0.469 e. The van der Waals surface area contributed by atoms with Crippen LogP contribution in [-0.2, 0) is 33.3 Å². The molecule has 0 bridgehead atoms. The van der Waals surface area contributed by atoms with Crippen LogP contribution in [0.15, 0.2) is 36.7 Å². The number of nitrogens with one attached hydrogen (secondary N) is 2. The van der Waals surface area contributed by atoms with Crippen LogP contribution in [0.5, 0.6) is 0 Å². The largest absolute Gasteiger partial charge is 0.469 e. The maximum absolute atomic E-state index is 15.0. The predicted octanol–water partition coefficient (Wildman–Crippen LogP) is 1.65. The van der Waals surface area contributed by atoms with Gasteiger partial charge in [0.1, 0.15) is 11.9 Å². The molecule has 14 heteroatoms. The number of phosphoric ester groups is 1. The van der Waals surface area contributed by atoms with Crippen LogP contribution in [0, 0.1) is 5.82 Å². The third-order valence-electron chi connectivity index (χ3n) is 5.70. The Morgan fingerprint density at radius 2 is 2.15 bits per heavy atom. The van der Waals surface area contributed by atoms with Crippen molar-refractivity contribution < 1.29 is 32.8 Å². The summed E-state index contributed by atoms with van der Waals surface area (Å²) in [6.07, 6.45) is 1.95. The average Bonchev–Trinajstić information content (AvgIpc) is 3.50. The van der Waals surface area contributed by atoms with Crippen LogP contribution in [0.25, 0.3) is 11.1 Å². The van der Waals surface area contributed by atoms with E-state index in [0.717, 1.165) is 17.0 Å². The topological polar surface area (TPSA) is 163 Å². The lowest BCUT2D eigenvalue weighted by Crippen LogP contribution is -2.35. The summed E-state index contributed by atoms with van der Waals surface area (Å²) in [5.74, 6) is -0.526. The number of fused-ring (bicyclic) bond motifs is 3. The smallest absolute Gasteiger partial charge is 0.441 e. The number of aromatic nitrogens is 4. The molecule has 2 aliphatic rings. The first kappa shape index (κ1) is 22.6.